The van der Waals surface area contributed by atoms with Crippen molar-refractivity contribution in [1.82, 2.24) is 4.98 Å². The smallest absolute Gasteiger partial charge is 0.416 e. The van der Waals surface area contributed by atoms with Gasteiger partial charge < -0.3 is 14.8 Å². The van der Waals surface area contributed by atoms with Crippen molar-refractivity contribution in [3.05, 3.63) is 54.2 Å². The summed E-state index contributed by atoms with van der Waals surface area (Å²) in [5, 5.41) is 4.67. The van der Waals surface area contributed by atoms with Gasteiger partial charge in [0.1, 0.15) is 5.82 Å². The van der Waals surface area contributed by atoms with Crippen LogP contribution in [0.3, 0.4) is 0 Å². The highest BCUT2D eigenvalue weighted by atomic mass is 19.4. The molecule has 0 aliphatic heterocycles. The number of ether oxygens (including phenoxy) is 2. The van der Waals surface area contributed by atoms with Crippen LogP contribution in [-0.4, -0.2) is 19.2 Å². The van der Waals surface area contributed by atoms with Crippen LogP contribution in [0.2, 0.25) is 0 Å². The first-order valence-corrected chi connectivity index (χ1v) is 7.37. The zero-order valence-electron chi connectivity index (χ0n) is 13.5. The van der Waals surface area contributed by atoms with E-state index in [1.165, 1.54) is 19.2 Å². The molecule has 0 fully saturated rings. The molecular formula is C18H15F3N2O2. The van der Waals surface area contributed by atoms with Crippen molar-refractivity contribution >= 4 is 22.3 Å². The van der Waals surface area contributed by atoms with Crippen LogP contribution in [0.5, 0.6) is 11.5 Å². The molecule has 0 unspecified atom stereocenters. The molecule has 0 saturated carbocycles. The minimum absolute atomic E-state index is 0.503. The maximum absolute atomic E-state index is 12.7. The molecule has 1 heterocycles. The first kappa shape index (κ1) is 16.9. The molecule has 0 saturated heterocycles. The second kappa shape index (κ2) is 6.51. The third-order valence-electron chi connectivity index (χ3n) is 3.74. The van der Waals surface area contributed by atoms with Gasteiger partial charge in [-0.2, -0.15) is 13.2 Å². The van der Waals surface area contributed by atoms with Crippen molar-refractivity contribution in [1.29, 1.82) is 0 Å². The lowest BCUT2D eigenvalue weighted by Crippen LogP contribution is -2.04. The SMILES string of the molecule is COc1cc2ccnc(Nc3ccc(C(F)(F)F)cc3)c2cc1OC. The number of fused-ring (bicyclic) bond motifs is 1. The topological polar surface area (TPSA) is 43.4 Å². The fourth-order valence-electron chi connectivity index (χ4n) is 2.48. The quantitative estimate of drug-likeness (QED) is 0.719. The van der Waals surface area contributed by atoms with Crippen molar-refractivity contribution in [2.75, 3.05) is 19.5 Å². The van der Waals surface area contributed by atoms with Crippen molar-refractivity contribution in [2.24, 2.45) is 0 Å². The molecule has 4 nitrogen and oxygen atoms in total. The lowest BCUT2D eigenvalue weighted by Gasteiger charge is -2.13. The van der Waals surface area contributed by atoms with Crippen LogP contribution in [0.25, 0.3) is 10.8 Å². The summed E-state index contributed by atoms with van der Waals surface area (Å²) < 4.78 is 48.5. The number of aromatic nitrogens is 1. The van der Waals surface area contributed by atoms with Gasteiger partial charge in [0.05, 0.1) is 19.8 Å². The molecule has 25 heavy (non-hydrogen) atoms. The molecule has 0 atom stereocenters. The van der Waals surface area contributed by atoms with E-state index in [-0.39, 0.29) is 0 Å². The van der Waals surface area contributed by atoms with E-state index in [1.54, 1.807) is 19.4 Å². The number of halogens is 3. The summed E-state index contributed by atoms with van der Waals surface area (Å²) in [4.78, 5) is 4.27. The molecule has 7 heteroatoms. The Labute approximate surface area is 142 Å². The maximum Gasteiger partial charge on any atom is 0.416 e. The van der Waals surface area contributed by atoms with E-state index in [0.29, 0.717) is 23.0 Å². The van der Waals surface area contributed by atoms with Crippen LogP contribution in [0.4, 0.5) is 24.7 Å². The molecule has 0 amide bonds. The Morgan fingerprint density at radius 1 is 0.920 bits per heavy atom. The third-order valence-corrected chi connectivity index (χ3v) is 3.74. The average molecular weight is 348 g/mol. The molecule has 0 spiro atoms. The summed E-state index contributed by atoms with van der Waals surface area (Å²) in [6.45, 7) is 0. The number of hydrogen-bond acceptors (Lipinski definition) is 4. The van der Waals surface area contributed by atoms with Crippen molar-refractivity contribution in [3.63, 3.8) is 0 Å². The third kappa shape index (κ3) is 3.45. The molecule has 1 aromatic heterocycles. The van der Waals surface area contributed by atoms with Gasteiger partial charge in [0, 0.05) is 17.3 Å². The van der Waals surface area contributed by atoms with Crippen LogP contribution in [0.1, 0.15) is 5.56 Å². The van der Waals surface area contributed by atoms with E-state index in [0.717, 1.165) is 22.9 Å². The number of nitrogens with zero attached hydrogens (tertiary/aromatic N) is 1. The number of benzene rings is 2. The van der Waals surface area contributed by atoms with Gasteiger partial charge in [-0.25, -0.2) is 4.98 Å². The maximum atomic E-state index is 12.7. The molecule has 130 valence electrons. The molecule has 0 bridgehead atoms. The van der Waals surface area contributed by atoms with Crippen molar-refractivity contribution in [3.8, 4) is 11.5 Å². The van der Waals surface area contributed by atoms with Crippen LogP contribution in [0.15, 0.2) is 48.7 Å². The Morgan fingerprint density at radius 2 is 1.56 bits per heavy atom. The highest BCUT2D eigenvalue weighted by Gasteiger charge is 2.29. The number of methoxy groups -OCH3 is 2. The van der Waals surface area contributed by atoms with Crippen molar-refractivity contribution < 1.29 is 22.6 Å². The van der Waals surface area contributed by atoms with E-state index >= 15 is 0 Å². The predicted octanol–water partition coefficient (Wildman–Crippen LogP) is 5.01. The summed E-state index contributed by atoms with van der Waals surface area (Å²) in [6, 6.07) is 10.2. The van der Waals surface area contributed by atoms with Gasteiger partial charge >= 0.3 is 6.18 Å². The fraction of sp³-hybridized carbons (Fsp3) is 0.167. The Morgan fingerprint density at radius 3 is 2.16 bits per heavy atom. The van der Waals surface area contributed by atoms with E-state index in [4.69, 9.17) is 9.47 Å². The first-order valence-electron chi connectivity index (χ1n) is 7.37. The monoisotopic (exact) mass is 348 g/mol. The van der Waals surface area contributed by atoms with Crippen LogP contribution in [-0.2, 0) is 6.18 Å². The van der Waals surface area contributed by atoms with E-state index < -0.39 is 11.7 Å². The van der Waals surface area contributed by atoms with Crippen LogP contribution < -0.4 is 14.8 Å². The number of anilines is 2. The largest absolute Gasteiger partial charge is 0.493 e. The van der Waals surface area contributed by atoms with Crippen LogP contribution in [0, 0.1) is 0 Å². The highest BCUT2D eigenvalue weighted by molar-refractivity contribution is 5.95. The number of pyridine rings is 1. The molecule has 0 aliphatic carbocycles. The highest BCUT2D eigenvalue weighted by Crippen LogP contribution is 2.36. The zero-order chi connectivity index (χ0) is 18.0. The minimum Gasteiger partial charge on any atom is -0.493 e. The molecule has 0 radical (unpaired) electrons. The lowest BCUT2D eigenvalue weighted by molar-refractivity contribution is -0.137. The lowest BCUT2D eigenvalue weighted by atomic mass is 10.1. The molecule has 1 N–H and O–H groups in total. The van der Waals surface area contributed by atoms with Gasteiger partial charge in [0.25, 0.3) is 0 Å². The van der Waals surface area contributed by atoms with Crippen molar-refractivity contribution in [2.45, 2.75) is 6.18 Å². The van der Waals surface area contributed by atoms with Gasteiger partial charge in [-0.05, 0) is 47.9 Å². The van der Waals surface area contributed by atoms with Gasteiger partial charge in [0.15, 0.2) is 11.5 Å². The van der Waals surface area contributed by atoms with Gasteiger partial charge in [0.2, 0.25) is 0 Å². The van der Waals surface area contributed by atoms with Gasteiger partial charge in [-0.15, -0.1) is 0 Å². The second-order valence-corrected chi connectivity index (χ2v) is 5.29. The average Bonchev–Trinajstić information content (AvgIpc) is 2.60. The molecule has 3 aromatic rings. The Kier molecular flexibility index (Phi) is 4.39. The summed E-state index contributed by atoms with van der Waals surface area (Å²) in [6.07, 6.45) is -2.75. The standard InChI is InChI=1S/C18H15F3N2O2/c1-24-15-9-11-7-8-22-17(14(11)10-16(15)25-2)23-13-5-3-12(4-6-13)18(19,20)21/h3-10H,1-2H3,(H,22,23). The number of nitrogens with one attached hydrogen (secondary N) is 1. The Hall–Kier alpha value is -2.96. The Balaban J connectivity index is 1.98. The minimum atomic E-state index is -4.36. The summed E-state index contributed by atoms with van der Waals surface area (Å²) in [5.74, 6) is 1.64. The summed E-state index contributed by atoms with van der Waals surface area (Å²) >= 11 is 0. The predicted molar refractivity (Wildman–Crippen MR) is 89.6 cm³/mol. The van der Waals surface area contributed by atoms with E-state index in [2.05, 4.69) is 10.3 Å². The molecule has 3 rings (SSSR count). The number of alkyl halides is 3. The number of hydrogen-bond donors (Lipinski definition) is 1. The molecule has 0 aliphatic rings. The normalized spacial score (nSPS) is 11.4. The summed E-state index contributed by atoms with van der Waals surface area (Å²) in [7, 11) is 3.08. The second-order valence-electron chi connectivity index (χ2n) is 5.29. The number of rotatable bonds is 4. The molecule has 2 aromatic carbocycles. The van der Waals surface area contributed by atoms with Gasteiger partial charge in [-0.3, -0.25) is 0 Å². The van der Waals surface area contributed by atoms with E-state index in [9.17, 15) is 13.2 Å². The Bertz CT molecular complexity index is 893. The summed E-state index contributed by atoms with van der Waals surface area (Å²) in [5.41, 5.74) is -0.196. The van der Waals surface area contributed by atoms with Gasteiger partial charge in [-0.1, -0.05) is 0 Å². The van der Waals surface area contributed by atoms with E-state index in [1.807, 2.05) is 12.1 Å². The zero-order valence-corrected chi connectivity index (χ0v) is 13.5. The first-order chi connectivity index (χ1) is 11.9. The van der Waals surface area contributed by atoms with Crippen LogP contribution >= 0.6 is 0 Å². The molecular weight excluding hydrogens is 333 g/mol. The fourth-order valence-corrected chi connectivity index (χ4v) is 2.48.